The van der Waals surface area contributed by atoms with Gasteiger partial charge in [-0.05, 0) is 43.0 Å². The van der Waals surface area contributed by atoms with E-state index in [1.165, 1.54) is 18.4 Å². The van der Waals surface area contributed by atoms with E-state index >= 15 is 0 Å². The highest BCUT2D eigenvalue weighted by Crippen LogP contribution is 2.41. The molecule has 1 saturated heterocycles. The summed E-state index contributed by atoms with van der Waals surface area (Å²) in [6.07, 6.45) is 0.663. The number of morpholine rings is 1. The average molecular weight is 567 g/mol. The molecule has 15 heteroatoms. The molecule has 0 amide bonds. The summed E-state index contributed by atoms with van der Waals surface area (Å²) in [5, 5.41) is 14.2. The predicted octanol–water partition coefficient (Wildman–Crippen LogP) is 4.19. The molecule has 2 atom stereocenters. The first kappa shape index (κ1) is 31.8. The quantitative estimate of drug-likeness (QED) is 0.512. The van der Waals surface area contributed by atoms with Gasteiger partial charge in [0.05, 0.1) is 25.0 Å². The van der Waals surface area contributed by atoms with E-state index in [2.05, 4.69) is 20.9 Å². The van der Waals surface area contributed by atoms with E-state index in [9.17, 15) is 26.3 Å². The minimum atomic E-state index is -5.08. The van der Waals surface area contributed by atoms with Crippen LogP contribution in [0.4, 0.5) is 26.3 Å². The molecule has 9 nitrogen and oxygen atoms in total. The molecule has 0 unspecified atom stereocenters. The molecule has 1 aliphatic carbocycles. The summed E-state index contributed by atoms with van der Waals surface area (Å²) in [6, 6.07) is 8.02. The lowest BCUT2D eigenvalue weighted by Gasteiger charge is -2.44. The number of alkyl halides is 6. The van der Waals surface area contributed by atoms with Crippen LogP contribution in [0.25, 0.3) is 0 Å². The zero-order chi connectivity index (χ0) is 29.1. The lowest BCUT2D eigenvalue weighted by Crippen LogP contribution is -2.54. The van der Waals surface area contributed by atoms with Gasteiger partial charge in [0, 0.05) is 44.1 Å². The third-order valence-corrected chi connectivity index (χ3v) is 5.88. The first-order valence-electron chi connectivity index (χ1n) is 11.6. The number of halogens is 6. The van der Waals surface area contributed by atoms with Crippen LogP contribution in [-0.4, -0.2) is 81.3 Å². The van der Waals surface area contributed by atoms with Crippen LogP contribution in [0, 0.1) is 5.92 Å². The maximum absolute atomic E-state index is 10.6. The van der Waals surface area contributed by atoms with E-state index in [4.69, 9.17) is 29.3 Å². The van der Waals surface area contributed by atoms with E-state index < -0.39 is 24.3 Å². The van der Waals surface area contributed by atoms with Crippen LogP contribution >= 0.6 is 0 Å². The van der Waals surface area contributed by atoms with Crippen molar-refractivity contribution in [2.24, 2.45) is 5.92 Å². The van der Waals surface area contributed by atoms with Crippen molar-refractivity contribution in [3.8, 4) is 5.75 Å². The second-order valence-electron chi connectivity index (χ2n) is 8.68. The predicted molar refractivity (Wildman–Crippen MR) is 123 cm³/mol. The number of aliphatic carboxylic acids is 2. The van der Waals surface area contributed by atoms with Gasteiger partial charge in [0.15, 0.2) is 0 Å². The third-order valence-electron chi connectivity index (χ3n) is 5.88. The summed E-state index contributed by atoms with van der Waals surface area (Å²) >= 11 is 0. The largest absolute Gasteiger partial charge is 0.492 e. The van der Waals surface area contributed by atoms with Gasteiger partial charge in [-0.1, -0.05) is 6.07 Å². The molecule has 0 bridgehead atoms. The Bertz CT molecular complexity index is 1020. The van der Waals surface area contributed by atoms with Crippen molar-refractivity contribution >= 4 is 11.9 Å². The van der Waals surface area contributed by atoms with E-state index in [-0.39, 0.29) is 5.60 Å². The molecule has 3 heterocycles. The number of nitrogens with zero attached hydrogens (tertiary/aromatic N) is 3. The van der Waals surface area contributed by atoms with Crippen LogP contribution in [0.3, 0.4) is 0 Å². The van der Waals surface area contributed by atoms with Crippen molar-refractivity contribution in [3.05, 3.63) is 54.6 Å². The standard InChI is InChI=1S/C20H25N3O2.2C2HF3O2/c1-5-18(15-24-19-6-3-9-22-13-19)20(7-1)16-23(10-11-25-20)14-17-4-2-8-21-12-17;2*3-2(4,5)1(6)7/h2-4,6,8-9,12-13,18H,1,5,7,10-11,14-16H2;2*(H,6,7)/t18-,20+;;/m0../s1. The Morgan fingerprint density at radius 2 is 1.62 bits per heavy atom. The number of pyridine rings is 2. The highest BCUT2D eigenvalue weighted by atomic mass is 19.4. The van der Waals surface area contributed by atoms with E-state index in [0.29, 0.717) is 12.5 Å². The second kappa shape index (κ2) is 14.1. The summed E-state index contributed by atoms with van der Waals surface area (Å²) in [6.45, 7) is 4.39. The molecule has 2 fully saturated rings. The zero-order valence-electron chi connectivity index (χ0n) is 20.5. The van der Waals surface area contributed by atoms with Gasteiger partial charge >= 0.3 is 24.3 Å². The van der Waals surface area contributed by atoms with Gasteiger partial charge < -0.3 is 19.7 Å². The van der Waals surface area contributed by atoms with Crippen molar-refractivity contribution in [3.63, 3.8) is 0 Å². The minimum absolute atomic E-state index is 0.0668. The number of carbonyl (C=O) groups is 2. The topological polar surface area (TPSA) is 122 Å². The highest BCUT2D eigenvalue weighted by Gasteiger charge is 2.47. The van der Waals surface area contributed by atoms with Gasteiger partial charge in [0.1, 0.15) is 5.75 Å². The summed E-state index contributed by atoms with van der Waals surface area (Å²) in [5.41, 5.74) is 1.20. The third kappa shape index (κ3) is 10.7. The molecule has 0 radical (unpaired) electrons. The summed E-state index contributed by atoms with van der Waals surface area (Å²) in [4.78, 5) is 28.7. The molecule has 2 aromatic heterocycles. The van der Waals surface area contributed by atoms with Crippen molar-refractivity contribution in [1.82, 2.24) is 14.9 Å². The normalized spacial score (nSPS) is 21.2. The Morgan fingerprint density at radius 3 is 2.13 bits per heavy atom. The van der Waals surface area contributed by atoms with Crippen LogP contribution in [0.1, 0.15) is 24.8 Å². The minimum Gasteiger partial charge on any atom is -0.492 e. The summed E-state index contributed by atoms with van der Waals surface area (Å²) in [5.74, 6) is -4.24. The average Bonchev–Trinajstić information content (AvgIpc) is 3.24. The Hall–Kier alpha value is -3.46. The molecular formula is C24H27F6N3O6. The molecule has 4 rings (SSSR count). The first-order chi connectivity index (χ1) is 18.2. The monoisotopic (exact) mass is 567 g/mol. The molecular weight excluding hydrogens is 540 g/mol. The van der Waals surface area contributed by atoms with Crippen LogP contribution in [0.15, 0.2) is 49.1 Å². The van der Waals surface area contributed by atoms with Crippen LogP contribution < -0.4 is 4.74 Å². The molecule has 1 aliphatic heterocycles. The number of ether oxygens (including phenoxy) is 2. The van der Waals surface area contributed by atoms with Crippen molar-refractivity contribution in [2.45, 2.75) is 43.8 Å². The molecule has 2 N–H and O–H groups in total. The fourth-order valence-electron chi connectivity index (χ4n) is 4.14. The molecule has 1 saturated carbocycles. The second-order valence-corrected chi connectivity index (χ2v) is 8.68. The van der Waals surface area contributed by atoms with E-state index in [1.807, 2.05) is 30.6 Å². The fourth-order valence-corrected chi connectivity index (χ4v) is 4.14. The van der Waals surface area contributed by atoms with E-state index in [1.54, 1.807) is 12.4 Å². The van der Waals surface area contributed by atoms with Crippen LogP contribution in [-0.2, 0) is 20.9 Å². The molecule has 2 aromatic rings. The molecule has 0 aromatic carbocycles. The van der Waals surface area contributed by atoms with Gasteiger partial charge in [-0.2, -0.15) is 26.3 Å². The van der Waals surface area contributed by atoms with Crippen LogP contribution in [0.2, 0.25) is 0 Å². The lowest BCUT2D eigenvalue weighted by molar-refractivity contribution is -0.193. The fraction of sp³-hybridized carbons (Fsp3) is 0.500. The molecule has 216 valence electrons. The first-order valence-corrected chi connectivity index (χ1v) is 11.6. The number of carboxylic acids is 2. The smallest absolute Gasteiger partial charge is 0.490 e. The molecule has 1 spiro atoms. The van der Waals surface area contributed by atoms with Gasteiger partial charge in [0.25, 0.3) is 0 Å². The Kier molecular flexibility index (Phi) is 11.5. The van der Waals surface area contributed by atoms with Gasteiger partial charge in [-0.3, -0.25) is 14.9 Å². The zero-order valence-corrected chi connectivity index (χ0v) is 20.5. The summed E-state index contributed by atoms with van der Waals surface area (Å²) in [7, 11) is 0. The Morgan fingerprint density at radius 1 is 1.03 bits per heavy atom. The Balaban J connectivity index is 0.000000317. The lowest BCUT2D eigenvalue weighted by atomic mass is 9.89. The number of carboxylic acid groups (broad SMARTS) is 2. The number of rotatable bonds is 5. The van der Waals surface area contributed by atoms with Gasteiger partial charge in [-0.15, -0.1) is 0 Å². The maximum Gasteiger partial charge on any atom is 0.490 e. The van der Waals surface area contributed by atoms with Gasteiger partial charge in [-0.25, -0.2) is 9.59 Å². The Labute approximate surface area is 219 Å². The number of hydrogen-bond donors (Lipinski definition) is 2. The molecule has 2 aliphatic rings. The maximum atomic E-state index is 10.6. The van der Waals surface area contributed by atoms with Gasteiger partial charge in [0.2, 0.25) is 0 Å². The SMILES string of the molecule is O=C(O)C(F)(F)F.O=C(O)C(F)(F)F.c1cncc(CN2CCO[C@]3(CCC[C@H]3COc3cccnc3)C2)c1. The molecule has 39 heavy (non-hydrogen) atoms. The highest BCUT2D eigenvalue weighted by molar-refractivity contribution is 5.73. The summed E-state index contributed by atoms with van der Waals surface area (Å²) < 4.78 is 75.8. The van der Waals surface area contributed by atoms with Crippen molar-refractivity contribution in [1.29, 1.82) is 0 Å². The van der Waals surface area contributed by atoms with Crippen molar-refractivity contribution < 1.29 is 55.6 Å². The van der Waals surface area contributed by atoms with Crippen molar-refractivity contribution in [2.75, 3.05) is 26.3 Å². The number of hydrogen-bond acceptors (Lipinski definition) is 7. The van der Waals surface area contributed by atoms with E-state index in [0.717, 1.165) is 38.4 Å². The number of aromatic nitrogens is 2. The van der Waals surface area contributed by atoms with Crippen LogP contribution in [0.5, 0.6) is 5.75 Å².